The van der Waals surface area contributed by atoms with E-state index >= 15 is 0 Å². The number of alkyl halides is 1. The van der Waals surface area contributed by atoms with E-state index in [2.05, 4.69) is 10.1 Å². The zero-order valence-corrected chi connectivity index (χ0v) is 11.6. The Kier molecular flexibility index (Phi) is 3.69. The number of hydrogen-bond donors (Lipinski definition) is 0. The normalized spacial score (nSPS) is 11.3. The smallest absolute Gasteiger partial charge is 0.151 e. The minimum Gasteiger partial charge on any atom is -0.327 e. The summed E-state index contributed by atoms with van der Waals surface area (Å²) < 4.78 is 17.6. The zero-order valence-electron chi connectivity index (χ0n) is 10.8. The lowest BCUT2D eigenvalue weighted by atomic mass is 10.3. The van der Waals surface area contributed by atoms with Gasteiger partial charge in [0.15, 0.2) is 5.82 Å². The number of aromatic nitrogens is 4. The maximum atomic E-state index is 13.7. The number of hydrogen-bond acceptors (Lipinski definition) is 2. The van der Waals surface area contributed by atoms with Crippen molar-refractivity contribution in [2.24, 2.45) is 0 Å². The molecule has 0 aliphatic rings. The Morgan fingerprint density at radius 3 is 2.85 bits per heavy atom. The molecule has 0 saturated carbocycles. The van der Waals surface area contributed by atoms with E-state index in [4.69, 9.17) is 11.6 Å². The maximum absolute atomic E-state index is 13.7. The second-order valence-corrected chi connectivity index (χ2v) is 4.81. The number of imidazole rings is 1. The average Bonchev–Trinajstić information content (AvgIpc) is 3.08. The molecule has 2 heterocycles. The van der Waals surface area contributed by atoms with Crippen LogP contribution in [0.1, 0.15) is 12.2 Å². The third-order valence-corrected chi connectivity index (χ3v) is 3.50. The van der Waals surface area contributed by atoms with Crippen molar-refractivity contribution in [3.63, 3.8) is 0 Å². The summed E-state index contributed by atoms with van der Waals surface area (Å²) in [6.07, 6.45) is 4.56. The van der Waals surface area contributed by atoms with Crippen LogP contribution in [0.4, 0.5) is 4.39 Å². The molecule has 0 radical (unpaired) electrons. The predicted octanol–water partition coefficient (Wildman–Crippen LogP) is 3.20. The molecule has 3 rings (SSSR count). The van der Waals surface area contributed by atoms with Gasteiger partial charge in [-0.25, -0.2) is 9.37 Å². The number of para-hydroxylation sites is 1. The van der Waals surface area contributed by atoms with Crippen LogP contribution < -0.4 is 0 Å². The van der Waals surface area contributed by atoms with Crippen molar-refractivity contribution in [1.29, 1.82) is 0 Å². The van der Waals surface area contributed by atoms with Gasteiger partial charge >= 0.3 is 0 Å². The first-order chi connectivity index (χ1) is 9.79. The predicted molar refractivity (Wildman–Crippen MR) is 76.1 cm³/mol. The summed E-state index contributed by atoms with van der Waals surface area (Å²) in [7, 11) is 0. The Bertz CT molecular complexity index is 705. The Labute approximate surface area is 120 Å². The van der Waals surface area contributed by atoms with Crippen molar-refractivity contribution in [2.45, 2.75) is 25.4 Å². The van der Waals surface area contributed by atoms with E-state index in [9.17, 15) is 4.39 Å². The molecule has 0 unspecified atom stereocenters. The van der Waals surface area contributed by atoms with Crippen LogP contribution in [-0.2, 0) is 19.0 Å². The number of benzene rings is 1. The van der Waals surface area contributed by atoms with Gasteiger partial charge in [-0.1, -0.05) is 6.07 Å². The summed E-state index contributed by atoms with van der Waals surface area (Å²) in [5.41, 5.74) is 1.18. The molecular weight excluding hydrogens is 279 g/mol. The van der Waals surface area contributed by atoms with Gasteiger partial charge in [0.25, 0.3) is 0 Å². The highest BCUT2D eigenvalue weighted by atomic mass is 35.5. The van der Waals surface area contributed by atoms with Gasteiger partial charge in [0.1, 0.15) is 11.3 Å². The van der Waals surface area contributed by atoms with Crippen molar-refractivity contribution in [3.8, 4) is 0 Å². The van der Waals surface area contributed by atoms with Crippen LogP contribution in [0.15, 0.2) is 36.7 Å². The lowest BCUT2D eigenvalue weighted by Gasteiger charge is -2.07. The SMILES string of the molecule is Fc1cccc2c1nc(CCl)n2CCCn1cccn1. The molecule has 0 N–H and O–H groups in total. The fourth-order valence-electron chi connectivity index (χ4n) is 2.34. The fourth-order valence-corrected chi connectivity index (χ4v) is 2.54. The van der Waals surface area contributed by atoms with E-state index in [0.717, 1.165) is 25.0 Å². The topological polar surface area (TPSA) is 35.6 Å². The van der Waals surface area contributed by atoms with Gasteiger partial charge in [-0.05, 0) is 24.6 Å². The van der Waals surface area contributed by atoms with Crippen molar-refractivity contribution >= 4 is 22.6 Å². The Morgan fingerprint density at radius 1 is 1.20 bits per heavy atom. The number of nitrogens with zero attached hydrogens (tertiary/aromatic N) is 4. The second-order valence-electron chi connectivity index (χ2n) is 4.54. The molecule has 0 bridgehead atoms. The second kappa shape index (κ2) is 5.63. The molecule has 1 aromatic carbocycles. The van der Waals surface area contributed by atoms with Gasteiger partial charge in [-0.15, -0.1) is 11.6 Å². The summed E-state index contributed by atoms with van der Waals surface area (Å²) in [4.78, 5) is 4.28. The van der Waals surface area contributed by atoms with Gasteiger partial charge in [-0.2, -0.15) is 5.10 Å². The minimum absolute atomic E-state index is 0.274. The summed E-state index contributed by atoms with van der Waals surface area (Å²) in [5, 5.41) is 4.16. The fraction of sp³-hybridized carbons (Fsp3) is 0.286. The molecule has 104 valence electrons. The summed E-state index contributed by atoms with van der Waals surface area (Å²) in [5.74, 6) is 0.669. The number of aryl methyl sites for hydroxylation is 2. The molecule has 2 aromatic heterocycles. The molecule has 0 aliphatic heterocycles. The van der Waals surface area contributed by atoms with Gasteiger partial charge in [-0.3, -0.25) is 4.68 Å². The highest BCUT2D eigenvalue weighted by Crippen LogP contribution is 2.20. The average molecular weight is 293 g/mol. The molecule has 3 aromatic rings. The molecule has 0 spiro atoms. The van der Waals surface area contributed by atoms with E-state index in [-0.39, 0.29) is 11.7 Å². The first-order valence-corrected chi connectivity index (χ1v) is 7.00. The molecule has 0 amide bonds. The van der Waals surface area contributed by atoms with Gasteiger partial charge in [0.2, 0.25) is 0 Å². The number of rotatable bonds is 5. The van der Waals surface area contributed by atoms with E-state index in [1.54, 1.807) is 12.3 Å². The highest BCUT2D eigenvalue weighted by molar-refractivity contribution is 6.16. The third kappa shape index (κ3) is 2.41. The van der Waals surface area contributed by atoms with Crippen molar-refractivity contribution in [3.05, 3.63) is 48.3 Å². The standard InChI is InChI=1S/C14H14ClFN4/c15-10-13-18-14-11(16)4-1-5-12(14)20(13)9-3-8-19-7-2-6-17-19/h1-2,4-7H,3,8-10H2. The molecular formula is C14H14ClFN4. The van der Waals surface area contributed by atoms with Crippen LogP contribution in [-0.4, -0.2) is 19.3 Å². The van der Waals surface area contributed by atoms with Crippen molar-refractivity contribution in [2.75, 3.05) is 0 Å². The molecule has 0 aliphatic carbocycles. The first-order valence-electron chi connectivity index (χ1n) is 6.46. The largest absolute Gasteiger partial charge is 0.327 e. The van der Waals surface area contributed by atoms with Crippen molar-refractivity contribution < 1.29 is 4.39 Å². The van der Waals surface area contributed by atoms with Crippen LogP contribution >= 0.6 is 11.6 Å². The summed E-state index contributed by atoms with van der Waals surface area (Å²) >= 11 is 5.91. The summed E-state index contributed by atoms with van der Waals surface area (Å²) in [6, 6.07) is 6.88. The Hall–Kier alpha value is -1.88. The zero-order chi connectivity index (χ0) is 13.9. The summed E-state index contributed by atoms with van der Waals surface area (Å²) in [6.45, 7) is 1.55. The van der Waals surface area contributed by atoms with Crippen molar-refractivity contribution in [1.82, 2.24) is 19.3 Å². The third-order valence-electron chi connectivity index (χ3n) is 3.26. The molecule has 4 nitrogen and oxygen atoms in total. The van der Waals surface area contributed by atoms with Crippen LogP contribution in [0.3, 0.4) is 0 Å². The van der Waals surface area contributed by atoms with Crippen LogP contribution in [0.5, 0.6) is 0 Å². The van der Waals surface area contributed by atoms with Crippen LogP contribution in [0, 0.1) is 5.82 Å². The van der Waals surface area contributed by atoms with Gasteiger partial charge in [0, 0.05) is 25.5 Å². The van der Waals surface area contributed by atoms with E-state index in [1.807, 2.05) is 27.6 Å². The van der Waals surface area contributed by atoms with E-state index in [0.29, 0.717) is 11.3 Å². The molecule has 0 saturated heterocycles. The Balaban J connectivity index is 1.84. The lowest BCUT2D eigenvalue weighted by molar-refractivity contribution is 0.526. The minimum atomic E-state index is -0.306. The molecule has 0 atom stereocenters. The quantitative estimate of drug-likeness (QED) is 0.677. The highest BCUT2D eigenvalue weighted by Gasteiger charge is 2.12. The Morgan fingerprint density at radius 2 is 2.10 bits per heavy atom. The van der Waals surface area contributed by atoms with Gasteiger partial charge in [0.05, 0.1) is 11.4 Å². The van der Waals surface area contributed by atoms with Crippen LogP contribution in [0.2, 0.25) is 0 Å². The number of fused-ring (bicyclic) bond motifs is 1. The molecule has 0 fully saturated rings. The number of halogens is 2. The first kappa shape index (κ1) is 13.1. The van der Waals surface area contributed by atoms with E-state index < -0.39 is 0 Å². The lowest BCUT2D eigenvalue weighted by Crippen LogP contribution is -2.06. The van der Waals surface area contributed by atoms with E-state index in [1.165, 1.54) is 6.07 Å². The molecule has 20 heavy (non-hydrogen) atoms. The molecule has 6 heteroatoms. The van der Waals surface area contributed by atoms with Gasteiger partial charge < -0.3 is 4.57 Å². The monoisotopic (exact) mass is 292 g/mol. The maximum Gasteiger partial charge on any atom is 0.151 e. The van der Waals surface area contributed by atoms with Crippen LogP contribution in [0.25, 0.3) is 11.0 Å².